The summed E-state index contributed by atoms with van der Waals surface area (Å²) in [5.74, 6) is 0. The first-order chi connectivity index (χ1) is 6.70. The van der Waals surface area contributed by atoms with Gasteiger partial charge in [0.2, 0.25) is 0 Å². The van der Waals surface area contributed by atoms with Crippen molar-refractivity contribution in [1.82, 2.24) is 15.3 Å². The number of nitrogens with one attached hydrogen (secondary N) is 2. The van der Waals surface area contributed by atoms with Crippen molar-refractivity contribution in [2.45, 2.75) is 38.8 Å². The minimum absolute atomic E-state index is 0.569. The molecule has 0 saturated carbocycles. The lowest BCUT2D eigenvalue weighted by molar-refractivity contribution is 0.0322. The van der Waals surface area contributed by atoms with E-state index in [9.17, 15) is 5.11 Å². The normalized spacial score (nSPS) is 11.9. The molecule has 80 valence electrons. The molecule has 0 aromatic carbocycles. The maximum Gasteiger partial charge on any atom is 0.0922 e. The fourth-order valence-electron chi connectivity index (χ4n) is 1.31. The Balaban J connectivity index is 2.27. The molecule has 0 saturated heterocycles. The minimum atomic E-state index is -0.569. The summed E-state index contributed by atoms with van der Waals surface area (Å²) >= 11 is 0. The Hall–Kier alpha value is -0.870. The highest BCUT2D eigenvalue weighted by molar-refractivity contribution is 4.93. The van der Waals surface area contributed by atoms with Gasteiger partial charge in [-0.15, -0.1) is 0 Å². The van der Waals surface area contributed by atoms with Gasteiger partial charge < -0.3 is 15.4 Å². The molecule has 0 fully saturated rings. The summed E-state index contributed by atoms with van der Waals surface area (Å²) < 4.78 is 0. The van der Waals surface area contributed by atoms with Crippen LogP contribution in [0.2, 0.25) is 0 Å². The number of aromatic amines is 1. The molecule has 1 aromatic heterocycles. The molecule has 4 nitrogen and oxygen atoms in total. The fraction of sp³-hybridized carbons (Fsp3) is 0.700. The summed E-state index contributed by atoms with van der Waals surface area (Å²) in [7, 11) is 0. The maximum absolute atomic E-state index is 9.97. The molecule has 0 bridgehead atoms. The van der Waals surface area contributed by atoms with Crippen molar-refractivity contribution in [3.05, 3.63) is 18.2 Å². The van der Waals surface area contributed by atoms with Crippen LogP contribution in [0.3, 0.4) is 0 Å². The molecule has 0 radical (unpaired) electrons. The molecule has 0 unspecified atom stereocenters. The minimum Gasteiger partial charge on any atom is -0.389 e. The number of nitrogens with zero attached hydrogens (tertiary/aromatic N) is 1. The number of aromatic nitrogens is 2. The molecule has 1 rings (SSSR count). The largest absolute Gasteiger partial charge is 0.389 e. The quantitative estimate of drug-likeness (QED) is 0.639. The summed E-state index contributed by atoms with van der Waals surface area (Å²) in [4.78, 5) is 6.92. The molecule has 0 atom stereocenters. The number of H-pyrrole nitrogens is 1. The highest BCUT2D eigenvalue weighted by atomic mass is 16.3. The van der Waals surface area contributed by atoms with Crippen LogP contribution in [-0.2, 0) is 6.54 Å². The SMILES string of the molecule is CCC(O)(CC)CNCc1cnc[nH]1. The van der Waals surface area contributed by atoms with Crippen LogP contribution in [0, 0.1) is 0 Å². The zero-order chi connectivity index (χ0) is 10.4. The van der Waals surface area contributed by atoms with Crippen molar-refractivity contribution in [3.8, 4) is 0 Å². The van der Waals surface area contributed by atoms with Crippen LogP contribution in [0.25, 0.3) is 0 Å². The lowest BCUT2D eigenvalue weighted by atomic mass is 9.98. The average Bonchev–Trinajstić information content (AvgIpc) is 2.70. The summed E-state index contributed by atoms with van der Waals surface area (Å²) in [6.07, 6.45) is 4.99. The van der Waals surface area contributed by atoms with E-state index >= 15 is 0 Å². The van der Waals surface area contributed by atoms with E-state index < -0.39 is 5.60 Å². The molecule has 0 aliphatic rings. The van der Waals surface area contributed by atoms with E-state index in [1.807, 2.05) is 13.8 Å². The number of imidazole rings is 1. The van der Waals surface area contributed by atoms with Gasteiger partial charge >= 0.3 is 0 Å². The van der Waals surface area contributed by atoms with Crippen molar-refractivity contribution < 1.29 is 5.11 Å². The second-order valence-electron chi connectivity index (χ2n) is 3.61. The third-order valence-electron chi connectivity index (χ3n) is 2.64. The van der Waals surface area contributed by atoms with Crippen molar-refractivity contribution >= 4 is 0 Å². The number of rotatable bonds is 6. The number of aliphatic hydroxyl groups is 1. The van der Waals surface area contributed by atoms with Crippen LogP contribution in [0.5, 0.6) is 0 Å². The van der Waals surface area contributed by atoms with E-state index in [0.29, 0.717) is 6.54 Å². The molecule has 0 spiro atoms. The molecule has 0 aliphatic heterocycles. The lowest BCUT2D eigenvalue weighted by Crippen LogP contribution is -2.39. The Morgan fingerprint density at radius 1 is 1.50 bits per heavy atom. The molecule has 14 heavy (non-hydrogen) atoms. The van der Waals surface area contributed by atoms with Crippen LogP contribution in [0.1, 0.15) is 32.4 Å². The first kappa shape index (κ1) is 11.2. The van der Waals surface area contributed by atoms with Crippen LogP contribution in [-0.4, -0.2) is 27.2 Å². The fourth-order valence-corrected chi connectivity index (χ4v) is 1.31. The highest BCUT2D eigenvalue weighted by Gasteiger charge is 2.20. The first-order valence-corrected chi connectivity index (χ1v) is 5.10. The summed E-state index contributed by atoms with van der Waals surface area (Å²) in [6, 6.07) is 0. The Morgan fingerprint density at radius 3 is 2.71 bits per heavy atom. The standard InChI is InChI=1S/C10H19N3O/c1-3-10(14,4-2)7-11-5-9-6-12-8-13-9/h6,8,11,14H,3-5,7H2,1-2H3,(H,12,13). The van der Waals surface area contributed by atoms with Gasteiger partial charge in [0.25, 0.3) is 0 Å². The topological polar surface area (TPSA) is 60.9 Å². The average molecular weight is 197 g/mol. The number of hydrogen-bond donors (Lipinski definition) is 3. The van der Waals surface area contributed by atoms with E-state index in [0.717, 1.165) is 25.1 Å². The summed E-state index contributed by atoms with van der Waals surface area (Å²) in [5, 5.41) is 13.2. The zero-order valence-electron chi connectivity index (χ0n) is 8.88. The molecular formula is C10H19N3O. The highest BCUT2D eigenvalue weighted by Crippen LogP contribution is 2.12. The van der Waals surface area contributed by atoms with E-state index in [4.69, 9.17) is 0 Å². The first-order valence-electron chi connectivity index (χ1n) is 5.10. The van der Waals surface area contributed by atoms with E-state index in [1.165, 1.54) is 0 Å². The number of hydrogen-bond acceptors (Lipinski definition) is 3. The summed E-state index contributed by atoms with van der Waals surface area (Å²) in [5.41, 5.74) is 0.472. The van der Waals surface area contributed by atoms with Crippen LogP contribution in [0.15, 0.2) is 12.5 Å². The van der Waals surface area contributed by atoms with Crippen molar-refractivity contribution in [3.63, 3.8) is 0 Å². The third kappa shape index (κ3) is 3.12. The van der Waals surface area contributed by atoms with E-state index in [-0.39, 0.29) is 0 Å². The molecule has 3 N–H and O–H groups in total. The monoisotopic (exact) mass is 197 g/mol. The smallest absolute Gasteiger partial charge is 0.0922 e. The van der Waals surface area contributed by atoms with Gasteiger partial charge in [-0.3, -0.25) is 0 Å². The predicted molar refractivity (Wildman–Crippen MR) is 55.8 cm³/mol. The predicted octanol–water partition coefficient (Wildman–Crippen LogP) is 1.05. The van der Waals surface area contributed by atoms with Gasteiger partial charge in [0.15, 0.2) is 0 Å². The Kier molecular flexibility index (Phi) is 4.10. The second kappa shape index (κ2) is 5.12. The molecule has 0 amide bonds. The molecule has 1 heterocycles. The van der Waals surface area contributed by atoms with Gasteiger partial charge in [-0.2, -0.15) is 0 Å². The molecule has 0 aliphatic carbocycles. The molecular weight excluding hydrogens is 178 g/mol. The molecule has 1 aromatic rings. The van der Waals surface area contributed by atoms with E-state index in [1.54, 1.807) is 12.5 Å². The van der Waals surface area contributed by atoms with Gasteiger partial charge in [0.1, 0.15) is 0 Å². The second-order valence-corrected chi connectivity index (χ2v) is 3.61. The maximum atomic E-state index is 9.97. The Labute approximate surface area is 84.8 Å². The van der Waals surface area contributed by atoms with E-state index in [2.05, 4.69) is 15.3 Å². The van der Waals surface area contributed by atoms with Gasteiger partial charge in [-0.1, -0.05) is 13.8 Å². The van der Waals surface area contributed by atoms with Crippen LogP contribution < -0.4 is 5.32 Å². The van der Waals surface area contributed by atoms with Gasteiger partial charge in [-0.05, 0) is 12.8 Å². The Bertz CT molecular complexity index is 242. The van der Waals surface area contributed by atoms with Crippen molar-refractivity contribution in [2.24, 2.45) is 0 Å². The molecule has 4 heteroatoms. The summed E-state index contributed by atoms with van der Waals surface area (Å²) in [6.45, 7) is 5.35. The van der Waals surface area contributed by atoms with Crippen LogP contribution >= 0.6 is 0 Å². The third-order valence-corrected chi connectivity index (χ3v) is 2.64. The zero-order valence-corrected chi connectivity index (χ0v) is 8.88. The van der Waals surface area contributed by atoms with Crippen molar-refractivity contribution in [2.75, 3.05) is 6.54 Å². The Morgan fingerprint density at radius 2 is 2.21 bits per heavy atom. The van der Waals surface area contributed by atoms with Crippen LogP contribution in [0.4, 0.5) is 0 Å². The van der Waals surface area contributed by atoms with Crippen molar-refractivity contribution in [1.29, 1.82) is 0 Å². The van der Waals surface area contributed by atoms with Gasteiger partial charge in [0.05, 0.1) is 11.9 Å². The lowest BCUT2D eigenvalue weighted by Gasteiger charge is -2.25. The van der Waals surface area contributed by atoms with Gasteiger partial charge in [0, 0.05) is 25.0 Å². The van der Waals surface area contributed by atoms with Gasteiger partial charge in [-0.25, -0.2) is 4.98 Å².